The molecule has 3 fully saturated rings. The minimum atomic E-state index is -0.432. The molecule has 2 aromatic heterocycles. The summed E-state index contributed by atoms with van der Waals surface area (Å²) in [5, 5.41) is 6.36. The second kappa shape index (κ2) is 14.2. The number of nitrogens with one attached hydrogen (secondary N) is 2. The highest BCUT2D eigenvalue weighted by Crippen LogP contribution is 2.32. The van der Waals surface area contributed by atoms with Gasteiger partial charge in [-0.1, -0.05) is 19.1 Å². The highest BCUT2D eigenvalue weighted by molar-refractivity contribution is 7.14. The van der Waals surface area contributed by atoms with Crippen molar-refractivity contribution < 1.29 is 19.1 Å². The Kier molecular flexibility index (Phi) is 10.1. The van der Waals surface area contributed by atoms with E-state index in [-0.39, 0.29) is 11.5 Å². The van der Waals surface area contributed by atoms with Crippen LogP contribution in [0.25, 0.3) is 11.1 Å². The average Bonchev–Trinajstić information content (AvgIpc) is 3.55. The number of rotatable bonds is 10. The predicted molar refractivity (Wildman–Crippen MR) is 168 cm³/mol. The van der Waals surface area contributed by atoms with E-state index in [1.165, 1.54) is 23.7 Å². The predicted octanol–water partition coefficient (Wildman–Crippen LogP) is 3.36. The molecule has 0 radical (unpaired) electrons. The summed E-state index contributed by atoms with van der Waals surface area (Å²) >= 11 is 1.37. The van der Waals surface area contributed by atoms with Gasteiger partial charge in [0, 0.05) is 57.4 Å². The number of pyridine rings is 1. The van der Waals surface area contributed by atoms with Gasteiger partial charge in [-0.2, -0.15) is 0 Å². The molecule has 12 heteroatoms. The van der Waals surface area contributed by atoms with E-state index in [1.807, 2.05) is 13.1 Å². The number of aryl methyl sites for hydroxylation is 1. The van der Waals surface area contributed by atoms with Crippen molar-refractivity contribution in [3.8, 4) is 0 Å². The van der Waals surface area contributed by atoms with Crippen LogP contribution in [0.2, 0.25) is 0 Å². The Labute approximate surface area is 256 Å². The molecule has 230 valence electrons. The number of thiazole rings is 1. The Morgan fingerprint density at radius 1 is 1.21 bits per heavy atom. The first-order valence-electron chi connectivity index (χ1n) is 14.9. The van der Waals surface area contributed by atoms with E-state index in [9.17, 15) is 9.59 Å². The number of carbonyl (C=O) groups is 2. The van der Waals surface area contributed by atoms with Crippen LogP contribution in [-0.2, 0) is 14.3 Å². The largest absolute Gasteiger partial charge is 0.479 e. The van der Waals surface area contributed by atoms with Crippen LogP contribution in [0.15, 0.2) is 42.7 Å². The lowest BCUT2D eigenvalue weighted by Crippen LogP contribution is -2.48. The summed E-state index contributed by atoms with van der Waals surface area (Å²) in [5.74, 6) is 0.124. The van der Waals surface area contributed by atoms with Crippen LogP contribution < -0.4 is 16.4 Å². The summed E-state index contributed by atoms with van der Waals surface area (Å²) in [6.07, 6.45) is 12.8. The second-order valence-corrected chi connectivity index (χ2v) is 12.0. The number of nitrogens with two attached hydrogens (primary N) is 1. The van der Waals surface area contributed by atoms with Gasteiger partial charge in [-0.25, -0.2) is 4.98 Å². The minimum absolute atomic E-state index is 0.229. The highest BCUT2D eigenvalue weighted by Gasteiger charge is 2.36. The van der Waals surface area contributed by atoms with Crippen molar-refractivity contribution in [1.82, 2.24) is 25.1 Å². The van der Waals surface area contributed by atoms with Crippen LogP contribution >= 0.6 is 11.3 Å². The highest BCUT2D eigenvalue weighted by atomic mass is 32.1. The van der Waals surface area contributed by atoms with Gasteiger partial charge in [0.05, 0.1) is 52.8 Å². The summed E-state index contributed by atoms with van der Waals surface area (Å²) in [4.78, 5) is 40.6. The molecule has 0 saturated carbocycles. The number of amides is 2. The number of fused-ring (bicyclic) bond motifs is 2. The van der Waals surface area contributed by atoms with Crippen LogP contribution in [0.5, 0.6) is 0 Å². The first-order valence-corrected chi connectivity index (χ1v) is 15.7. The van der Waals surface area contributed by atoms with E-state index in [2.05, 4.69) is 43.4 Å². The smallest absolute Gasteiger partial charge is 0.260 e. The quantitative estimate of drug-likeness (QED) is 0.348. The number of hydrogen-bond acceptors (Lipinski definition) is 10. The average molecular weight is 608 g/mol. The lowest BCUT2D eigenvalue weighted by atomic mass is 10.2. The molecule has 2 atom stereocenters. The standard InChI is InChI=1S/C31H41N7O4S/c1-4-5-7-24(31-37(3)11-6-13-42-31)27-17-35-30(43-27)25(15-32)29(40)36-26-14-21(16-34-20(26)2)28(39)33-10-12-38-22-8-9-23(38)19-41-18-22/h5,7,14-17,22-23H,4,6,8-13,18-19,32H2,1-3H3,(H,33,39)(H,36,40)/b7-5+,25-15-,31-24-. The van der Waals surface area contributed by atoms with Crippen molar-refractivity contribution in [3.63, 3.8) is 0 Å². The van der Waals surface area contributed by atoms with Gasteiger partial charge in [0.2, 0.25) is 0 Å². The number of ether oxygens (including phenoxy) is 2. The minimum Gasteiger partial charge on any atom is -0.479 e. The number of hydrogen-bond donors (Lipinski definition) is 3. The lowest BCUT2D eigenvalue weighted by molar-refractivity contribution is -0.111. The molecule has 0 aliphatic carbocycles. The molecule has 2 amide bonds. The van der Waals surface area contributed by atoms with Gasteiger partial charge in [-0.15, -0.1) is 11.3 Å². The van der Waals surface area contributed by atoms with Crippen LogP contribution in [0.3, 0.4) is 0 Å². The molecule has 0 spiro atoms. The Morgan fingerprint density at radius 3 is 2.72 bits per heavy atom. The van der Waals surface area contributed by atoms with Gasteiger partial charge in [0.25, 0.3) is 11.8 Å². The Hall–Kier alpha value is -3.74. The lowest BCUT2D eigenvalue weighted by Gasteiger charge is -2.34. The Balaban J connectivity index is 1.26. The number of allylic oxidation sites excluding steroid dienone is 3. The van der Waals surface area contributed by atoms with Gasteiger partial charge < -0.3 is 30.7 Å². The molecule has 3 aliphatic heterocycles. The molecule has 2 unspecified atom stereocenters. The Morgan fingerprint density at radius 2 is 2.00 bits per heavy atom. The molecule has 5 heterocycles. The van der Waals surface area contributed by atoms with Crippen molar-refractivity contribution in [1.29, 1.82) is 0 Å². The normalized spacial score (nSPS) is 22.0. The fourth-order valence-electron chi connectivity index (χ4n) is 5.68. The summed E-state index contributed by atoms with van der Waals surface area (Å²) in [6, 6.07) is 2.52. The van der Waals surface area contributed by atoms with E-state index in [4.69, 9.17) is 15.2 Å². The van der Waals surface area contributed by atoms with E-state index in [0.717, 1.165) is 68.3 Å². The number of anilines is 1. The van der Waals surface area contributed by atoms with Crippen LogP contribution in [0, 0.1) is 6.92 Å². The molecule has 3 aliphatic rings. The van der Waals surface area contributed by atoms with Gasteiger partial charge >= 0.3 is 0 Å². The molecule has 2 aromatic rings. The van der Waals surface area contributed by atoms with Crippen molar-refractivity contribution in [3.05, 3.63) is 63.8 Å². The summed E-state index contributed by atoms with van der Waals surface area (Å²) < 4.78 is 11.7. The van der Waals surface area contributed by atoms with Gasteiger partial charge in [0.15, 0.2) is 5.88 Å². The van der Waals surface area contributed by atoms with Crippen molar-refractivity contribution in [2.24, 2.45) is 5.73 Å². The summed E-state index contributed by atoms with van der Waals surface area (Å²) in [6.45, 7) is 8.24. The number of carbonyl (C=O) groups excluding carboxylic acids is 2. The first kappa shape index (κ1) is 30.7. The van der Waals surface area contributed by atoms with Crippen molar-refractivity contribution >= 4 is 40.0 Å². The van der Waals surface area contributed by atoms with Gasteiger partial charge in [-0.05, 0) is 38.7 Å². The third-order valence-electron chi connectivity index (χ3n) is 8.03. The third-order valence-corrected chi connectivity index (χ3v) is 9.10. The van der Waals surface area contributed by atoms with Gasteiger partial charge in [0.1, 0.15) is 5.01 Å². The summed E-state index contributed by atoms with van der Waals surface area (Å²) in [7, 11) is 2.01. The molecule has 5 rings (SSSR count). The zero-order valence-electron chi connectivity index (χ0n) is 25.1. The molecule has 43 heavy (non-hydrogen) atoms. The number of morpholine rings is 1. The molecule has 4 N–H and O–H groups in total. The fraction of sp³-hybridized carbons (Fsp3) is 0.484. The number of nitrogens with zero attached hydrogens (tertiary/aromatic N) is 4. The van der Waals surface area contributed by atoms with E-state index in [0.29, 0.717) is 47.2 Å². The zero-order valence-corrected chi connectivity index (χ0v) is 25.9. The van der Waals surface area contributed by atoms with E-state index < -0.39 is 5.91 Å². The van der Waals surface area contributed by atoms with Gasteiger partial charge in [-0.3, -0.25) is 19.5 Å². The fourth-order valence-corrected chi connectivity index (χ4v) is 6.63. The maximum Gasteiger partial charge on any atom is 0.260 e. The third kappa shape index (κ3) is 7.09. The van der Waals surface area contributed by atoms with Crippen LogP contribution in [0.1, 0.15) is 58.5 Å². The molecule has 2 bridgehead atoms. The summed E-state index contributed by atoms with van der Waals surface area (Å²) in [5.41, 5.74) is 8.48. The van der Waals surface area contributed by atoms with Crippen molar-refractivity contribution in [2.75, 3.05) is 51.8 Å². The monoisotopic (exact) mass is 607 g/mol. The molecular weight excluding hydrogens is 566 g/mol. The molecule has 11 nitrogen and oxygen atoms in total. The molecular formula is C31H41N7O4S. The SMILES string of the molecule is CC/C=C/C(=C1/OCCCN1C)c1cnc(/C(=C\N)C(=O)Nc2cc(C(=O)NCCN3C4CCC3COC4)cnc2C)s1. The van der Waals surface area contributed by atoms with Crippen LogP contribution in [0.4, 0.5) is 5.69 Å². The maximum atomic E-state index is 13.4. The topological polar surface area (TPSA) is 135 Å². The maximum absolute atomic E-state index is 13.4. The zero-order chi connectivity index (χ0) is 30.3. The first-order chi connectivity index (χ1) is 20.9. The Bertz CT molecular complexity index is 1400. The molecule has 0 aromatic carbocycles. The van der Waals surface area contributed by atoms with Crippen LogP contribution in [-0.4, -0.2) is 90.2 Å². The van der Waals surface area contributed by atoms with E-state index in [1.54, 1.807) is 19.2 Å². The van der Waals surface area contributed by atoms with Crippen molar-refractivity contribution in [2.45, 2.75) is 51.6 Å². The second-order valence-electron chi connectivity index (χ2n) is 11.0. The number of aromatic nitrogens is 2. The molecule has 3 saturated heterocycles. The van der Waals surface area contributed by atoms with E-state index >= 15 is 0 Å².